The summed E-state index contributed by atoms with van der Waals surface area (Å²) in [6.45, 7) is 3.99. The van der Waals surface area contributed by atoms with E-state index in [1.54, 1.807) is 18.6 Å². The highest BCUT2D eigenvalue weighted by molar-refractivity contribution is 7.07. The van der Waals surface area contributed by atoms with Crippen molar-refractivity contribution in [3.63, 3.8) is 0 Å². The highest BCUT2D eigenvalue weighted by Crippen LogP contribution is 2.36. The molecule has 7 heteroatoms. The minimum absolute atomic E-state index is 0.201. The van der Waals surface area contributed by atoms with E-state index in [-0.39, 0.29) is 12.2 Å². The summed E-state index contributed by atoms with van der Waals surface area (Å²) in [5.41, 5.74) is 4.16. The third-order valence-electron chi connectivity index (χ3n) is 6.16. The molecule has 0 saturated heterocycles. The van der Waals surface area contributed by atoms with Crippen LogP contribution in [0.1, 0.15) is 35.2 Å². The van der Waals surface area contributed by atoms with Gasteiger partial charge in [-0.1, -0.05) is 83.6 Å². The molecule has 0 N–H and O–H groups in total. The molecule has 0 fully saturated rings. The maximum atomic E-state index is 13.9. The molecule has 0 saturated carbocycles. The van der Waals surface area contributed by atoms with Crippen LogP contribution in [0.15, 0.2) is 94.2 Å². The van der Waals surface area contributed by atoms with Crippen molar-refractivity contribution in [1.29, 1.82) is 0 Å². The lowest BCUT2D eigenvalue weighted by Crippen LogP contribution is -2.40. The minimum atomic E-state index is -0.735. The van der Waals surface area contributed by atoms with E-state index in [9.17, 15) is 9.59 Å². The first-order chi connectivity index (χ1) is 18.0. The number of carbonyl (C=O) groups excluding carboxylic acids is 1. The van der Waals surface area contributed by atoms with Gasteiger partial charge in [0.25, 0.3) is 5.56 Å². The normalized spacial score (nSPS) is 15.2. The topological polar surface area (TPSA) is 69.9 Å². The zero-order chi connectivity index (χ0) is 25.9. The van der Waals surface area contributed by atoms with Crippen molar-refractivity contribution < 1.29 is 14.3 Å². The van der Waals surface area contributed by atoms with Crippen LogP contribution in [0.2, 0.25) is 0 Å². The Morgan fingerprint density at radius 3 is 2.51 bits per heavy atom. The fourth-order valence-electron chi connectivity index (χ4n) is 4.38. The summed E-state index contributed by atoms with van der Waals surface area (Å²) >= 11 is 1.31. The Hall–Kier alpha value is -4.23. The minimum Gasteiger partial charge on any atom is -0.497 e. The van der Waals surface area contributed by atoms with E-state index < -0.39 is 12.0 Å². The lowest BCUT2D eigenvalue weighted by atomic mass is 9.93. The fourth-order valence-corrected chi connectivity index (χ4v) is 5.38. The molecule has 186 valence electrons. The molecule has 4 aromatic rings. The Kier molecular flexibility index (Phi) is 6.88. The Balaban J connectivity index is 1.83. The number of aryl methyl sites for hydroxylation is 1. The number of methoxy groups -OCH3 is 1. The third-order valence-corrected chi connectivity index (χ3v) is 7.14. The number of esters is 1. The summed E-state index contributed by atoms with van der Waals surface area (Å²) in [4.78, 5) is 32.7. The molecule has 1 aromatic heterocycles. The Bertz CT molecular complexity index is 1670. The SMILES string of the molecule is CCOC(=O)C1=C(c2ccccc2)N=c2s/c(=C\c3ccc(C)cc3)c(=O)n2[C@H]1c1cccc(OC)c1. The van der Waals surface area contributed by atoms with Gasteiger partial charge in [-0.2, -0.15) is 0 Å². The van der Waals surface area contributed by atoms with E-state index in [0.717, 1.165) is 22.3 Å². The van der Waals surface area contributed by atoms with Gasteiger partial charge < -0.3 is 9.47 Å². The first-order valence-electron chi connectivity index (χ1n) is 12.0. The van der Waals surface area contributed by atoms with E-state index in [1.807, 2.05) is 91.9 Å². The van der Waals surface area contributed by atoms with E-state index in [1.165, 1.54) is 11.3 Å². The molecule has 0 unspecified atom stereocenters. The lowest BCUT2D eigenvalue weighted by molar-refractivity contribution is -0.138. The van der Waals surface area contributed by atoms with E-state index >= 15 is 0 Å². The number of carbonyl (C=O) groups is 1. The predicted molar refractivity (Wildman–Crippen MR) is 145 cm³/mol. The molecule has 1 aliphatic rings. The number of hydrogen-bond acceptors (Lipinski definition) is 6. The van der Waals surface area contributed by atoms with Gasteiger partial charge in [0.1, 0.15) is 5.75 Å². The average molecular weight is 511 g/mol. The Morgan fingerprint density at radius 2 is 1.81 bits per heavy atom. The van der Waals surface area contributed by atoms with E-state index in [0.29, 0.717) is 26.4 Å². The monoisotopic (exact) mass is 510 g/mol. The fraction of sp³-hybridized carbons (Fsp3) is 0.167. The first-order valence-corrected chi connectivity index (χ1v) is 12.8. The molecular formula is C30H26N2O4S. The molecule has 0 radical (unpaired) electrons. The van der Waals surface area contributed by atoms with Crippen LogP contribution < -0.4 is 19.6 Å². The van der Waals surface area contributed by atoms with E-state index in [2.05, 4.69) is 0 Å². The van der Waals surface area contributed by atoms with Gasteiger partial charge in [0.05, 0.1) is 35.6 Å². The van der Waals surface area contributed by atoms with Gasteiger partial charge in [-0.3, -0.25) is 9.36 Å². The molecular weight excluding hydrogens is 484 g/mol. The molecule has 5 rings (SSSR count). The molecule has 0 aliphatic carbocycles. The summed E-state index contributed by atoms with van der Waals surface area (Å²) in [6, 6.07) is 24.2. The van der Waals surface area contributed by atoms with Crippen LogP contribution in [-0.2, 0) is 9.53 Å². The van der Waals surface area contributed by atoms with Gasteiger partial charge in [-0.15, -0.1) is 0 Å². The van der Waals surface area contributed by atoms with Gasteiger partial charge in [0.2, 0.25) is 0 Å². The second kappa shape index (κ2) is 10.4. The van der Waals surface area contributed by atoms with Crippen molar-refractivity contribution in [1.82, 2.24) is 4.57 Å². The van der Waals surface area contributed by atoms with Crippen LogP contribution in [-0.4, -0.2) is 24.3 Å². The number of fused-ring (bicyclic) bond motifs is 1. The van der Waals surface area contributed by atoms with Crippen LogP contribution in [0.4, 0.5) is 0 Å². The first kappa shape index (κ1) is 24.5. The van der Waals surface area contributed by atoms with Crippen molar-refractivity contribution in [3.8, 4) is 5.75 Å². The van der Waals surface area contributed by atoms with Crippen LogP contribution in [0.5, 0.6) is 5.75 Å². The third kappa shape index (κ3) is 4.78. The van der Waals surface area contributed by atoms with Crippen molar-refractivity contribution >= 4 is 29.1 Å². The maximum Gasteiger partial charge on any atom is 0.338 e. The largest absolute Gasteiger partial charge is 0.497 e. The number of hydrogen-bond donors (Lipinski definition) is 0. The van der Waals surface area contributed by atoms with Crippen molar-refractivity contribution in [2.45, 2.75) is 19.9 Å². The number of benzene rings is 3. The van der Waals surface area contributed by atoms with Gasteiger partial charge in [0, 0.05) is 5.56 Å². The highest BCUT2D eigenvalue weighted by Gasteiger charge is 2.35. The van der Waals surface area contributed by atoms with Gasteiger partial charge in [0.15, 0.2) is 4.80 Å². The second-order valence-corrected chi connectivity index (χ2v) is 9.63. The van der Waals surface area contributed by atoms with Crippen LogP contribution in [0.3, 0.4) is 0 Å². The van der Waals surface area contributed by atoms with Gasteiger partial charge in [-0.05, 0) is 43.2 Å². The molecule has 37 heavy (non-hydrogen) atoms. The van der Waals surface area contributed by atoms with Crippen LogP contribution in [0, 0.1) is 6.92 Å². The molecule has 0 amide bonds. The summed E-state index contributed by atoms with van der Waals surface area (Å²) in [6.07, 6.45) is 1.86. The average Bonchev–Trinajstić information content (AvgIpc) is 3.24. The predicted octanol–water partition coefficient (Wildman–Crippen LogP) is 4.25. The zero-order valence-corrected chi connectivity index (χ0v) is 21.6. The molecule has 3 aromatic carbocycles. The number of nitrogens with zero attached hydrogens (tertiary/aromatic N) is 2. The Labute approximate surface area is 218 Å². The summed E-state index contributed by atoms with van der Waals surface area (Å²) in [7, 11) is 1.59. The number of rotatable bonds is 6. The molecule has 1 aliphatic heterocycles. The summed E-state index contributed by atoms with van der Waals surface area (Å²) < 4.78 is 13.1. The summed E-state index contributed by atoms with van der Waals surface area (Å²) in [5.74, 6) is 0.117. The van der Waals surface area contributed by atoms with E-state index in [4.69, 9.17) is 14.5 Å². The molecule has 2 heterocycles. The zero-order valence-electron chi connectivity index (χ0n) is 20.8. The van der Waals surface area contributed by atoms with Crippen molar-refractivity contribution in [2.24, 2.45) is 4.99 Å². The smallest absolute Gasteiger partial charge is 0.338 e. The standard InChI is InChI=1S/C30H26N2O4S/c1-4-36-29(34)25-26(21-9-6-5-7-10-21)31-30-32(27(25)22-11-8-12-23(18-22)35-3)28(33)24(37-30)17-20-15-13-19(2)14-16-20/h5-18,27H,4H2,1-3H3/b24-17-/t27-/m0/s1. The maximum absolute atomic E-state index is 13.9. The molecule has 0 bridgehead atoms. The number of thiazole rings is 1. The number of ether oxygens (including phenoxy) is 2. The number of aromatic nitrogens is 1. The lowest BCUT2D eigenvalue weighted by Gasteiger charge is -2.26. The molecule has 6 nitrogen and oxygen atoms in total. The van der Waals surface area contributed by atoms with Crippen LogP contribution in [0.25, 0.3) is 11.8 Å². The van der Waals surface area contributed by atoms with Crippen molar-refractivity contribution in [2.75, 3.05) is 13.7 Å². The van der Waals surface area contributed by atoms with Crippen LogP contribution >= 0.6 is 11.3 Å². The molecule has 1 atom stereocenters. The molecule has 0 spiro atoms. The van der Waals surface area contributed by atoms with Gasteiger partial charge in [-0.25, -0.2) is 9.79 Å². The quantitative estimate of drug-likeness (QED) is 0.364. The highest BCUT2D eigenvalue weighted by atomic mass is 32.1. The Morgan fingerprint density at radius 1 is 1.05 bits per heavy atom. The van der Waals surface area contributed by atoms with Gasteiger partial charge >= 0.3 is 5.97 Å². The summed E-state index contributed by atoms with van der Waals surface area (Å²) in [5, 5.41) is 0. The second-order valence-electron chi connectivity index (χ2n) is 8.62. The van der Waals surface area contributed by atoms with Crippen molar-refractivity contribution in [3.05, 3.63) is 126 Å².